The molecule has 1 unspecified atom stereocenters. The first-order valence-electron chi connectivity index (χ1n) is 8.81. The van der Waals surface area contributed by atoms with Crippen molar-refractivity contribution in [1.82, 2.24) is 14.3 Å². The molecule has 0 aliphatic carbocycles. The summed E-state index contributed by atoms with van der Waals surface area (Å²) in [6.07, 6.45) is 0.998. The number of alkyl halides is 2. The van der Waals surface area contributed by atoms with Gasteiger partial charge in [-0.1, -0.05) is 0 Å². The predicted octanol–water partition coefficient (Wildman–Crippen LogP) is 1.98. The monoisotopic (exact) mass is 474 g/mol. The van der Waals surface area contributed by atoms with Crippen molar-refractivity contribution in [3.8, 4) is 5.75 Å². The number of carbonyl (C=O) groups excluding carboxylic acids is 1. The Bertz CT molecular complexity index is 1130. The minimum atomic E-state index is -3.83. The van der Waals surface area contributed by atoms with Crippen LogP contribution in [0.3, 0.4) is 0 Å². The quantitative estimate of drug-likeness (QED) is 0.675. The SMILES string of the molecule is CN1C(N)=NC(C)(c2nc(NC(=O)c3ccc(OC(F)F)cn3)cs2)C(C)(C)S1(=O)=O. The fraction of sp³-hybridized carbons (Fsp3) is 0.412. The van der Waals surface area contributed by atoms with Crippen molar-refractivity contribution >= 4 is 39.0 Å². The lowest BCUT2D eigenvalue weighted by molar-refractivity contribution is -0.0500. The Balaban J connectivity index is 1.85. The highest BCUT2D eigenvalue weighted by atomic mass is 32.2. The molecule has 0 radical (unpaired) electrons. The fourth-order valence-corrected chi connectivity index (χ4v) is 5.58. The van der Waals surface area contributed by atoms with Gasteiger partial charge in [0.25, 0.3) is 5.91 Å². The number of nitrogens with one attached hydrogen (secondary N) is 1. The van der Waals surface area contributed by atoms with E-state index in [1.165, 1.54) is 38.4 Å². The van der Waals surface area contributed by atoms with Gasteiger partial charge in [-0.05, 0) is 32.9 Å². The van der Waals surface area contributed by atoms with Crippen molar-refractivity contribution < 1.29 is 26.7 Å². The van der Waals surface area contributed by atoms with E-state index in [0.29, 0.717) is 5.01 Å². The van der Waals surface area contributed by atoms with Gasteiger partial charge < -0.3 is 15.8 Å². The van der Waals surface area contributed by atoms with Crippen LogP contribution in [0.15, 0.2) is 28.7 Å². The number of aliphatic imine (C=N–C) groups is 1. The number of anilines is 1. The van der Waals surface area contributed by atoms with Crippen molar-refractivity contribution in [3.05, 3.63) is 34.4 Å². The Morgan fingerprint density at radius 2 is 2.00 bits per heavy atom. The molecular formula is C17H20F2N6O4S2. The van der Waals surface area contributed by atoms with Gasteiger partial charge in [-0.3, -0.25) is 4.79 Å². The molecule has 14 heteroatoms. The topological polar surface area (TPSA) is 140 Å². The Kier molecular flexibility index (Phi) is 5.65. The second-order valence-corrected chi connectivity index (χ2v) is 10.7. The van der Waals surface area contributed by atoms with Crippen molar-refractivity contribution in [3.63, 3.8) is 0 Å². The molecule has 2 aromatic rings. The summed E-state index contributed by atoms with van der Waals surface area (Å²) in [6.45, 7) is 1.67. The average molecular weight is 475 g/mol. The number of hydrogen-bond donors (Lipinski definition) is 2. The van der Waals surface area contributed by atoms with Crippen LogP contribution in [0.5, 0.6) is 5.75 Å². The van der Waals surface area contributed by atoms with Gasteiger partial charge in [0.2, 0.25) is 16.0 Å². The molecule has 0 spiro atoms. The van der Waals surface area contributed by atoms with E-state index in [9.17, 15) is 22.0 Å². The van der Waals surface area contributed by atoms with Gasteiger partial charge in [0.05, 0.1) is 6.20 Å². The fourth-order valence-electron chi connectivity index (χ4n) is 2.88. The van der Waals surface area contributed by atoms with E-state index in [4.69, 9.17) is 5.73 Å². The number of pyridine rings is 1. The molecule has 2 aromatic heterocycles. The van der Waals surface area contributed by atoms with Crippen LogP contribution in [0.1, 0.15) is 36.3 Å². The van der Waals surface area contributed by atoms with Gasteiger partial charge in [-0.15, -0.1) is 11.3 Å². The maximum Gasteiger partial charge on any atom is 0.387 e. The molecule has 0 bridgehead atoms. The summed E-state index contributed by atoms with van der Waals surface area (Å²) in [5.74, 6) is -0.833. The largest absolute Gasteiger partial charge is 0.433 e. The summed E-state index contributed by atoms with van der Waals surface area (Å²) >= 11 is 1.11. The molecule has 0 fully saturated rings. The summed E-state index contributed by atoms with van der Waals surface area (Å²) in [5.41, 5.74) is 4.48. The van der Waals surface area contributed by atoms with Gasteiger partial charge in [0.1, 0.15) is 32.6 Å². The molecule has 1 atom stereocenters. The van der Waals surface area contributed by atoms with Gasteiger partial charge in [0, 0.05) is 12.4 Å². The predicted molar refractivity (Wildman–Crippen MR) is 111 cm³/mol. The number of sulfonamides is 1. The molecule has 0 saturated carbocycles. The number of ether oxygens (including phenoxy) is 1. The lowest BCUT2D eigenvalue weighted by Crippen LogP contribution is -2.61. The molecule has 3 heterocycles. The zero-order chi connectivity index (χ0) is 23.2. The highest BCUT2D eigenvalue weighted by Crippen LogP contribution is 2.46. The molecule has 3 N–H and O–H groups in total. The number of nitrogens with two attached hydrogens (primary N) is 1. The van der Waals surface area contributed by atoms with Crippen LogP contribution in [0.4, 0.5) is 14.6 Å². The normalized spacial score (nSPS) is 22.2. The molecule has 31 heavy (non-hydrogen) atoms. The number of carbonyl (C=O) groups is 1. The first-order chi connectivity index (χ1) is 14.3. The number of halogens is 2. The van der Waals surface area contributed by atoms with Gasteiger partial charge in [0.15, 0.2) is 0 Å². The van der Waals surface area contributed by atoms with Gasteiger partial charge >= 0.3 is 6.61 Å². The number of thiazole rings is 1. The zero-order valence-corrected chi connectivity index (χ0v) is 18.6. The van der Waals surface area contributed by atoms with Crippen LogP contribution in [0, 0.1) is 0 Å². The molecule has 0 saturated heterocycles. The average Bonchev–Trinajstić information content (AvgIpc) is 3.15. The summed E-state index contributed by atoms with van der Waals surface area (Å²) in [7, 11) is -2.51. The van der Waals surface area contributed by atoms with E-state index in [0.717, 1.165) is 21.8 Å². The third-order valence-electron chi connectivity index (χ3n) is 5.19. The van der Waals surface area contributed by atoms with E-state index in [-0.39, 0.29) is 23.2 Å². The Hall–Kier alpha value is -2.87. The molecular weight excluding hydrogens is 454 g/mol. The molecule has 1 aliphatic rings. The van der Waals surface area contributed by atoms with Crippen molar-refractivity contribution in [2.75, 3.05) is 12.4 Å². The maximum absolute atomic E-state index is 12.9. The molecule has 1 amide bonds. The second kappa shape index (κ2) is 7.67. The molecule has 1 aliphatic heterocycles. The van der Waals surface area contributed by atoms with Gasteiger partial charge in [-0.25, -0.2) is 27.7 Å². The highest BCUT2D eigenvalue weighted by molar-refractivity contribution is 7.91. The third-order valence-corrected chi connectivity index (χ3v) is 8.84. The number of rotatable bonds is 5. The minimum Gasteiger partial charge on any atom is -0.433 e. The Morgan fingerprint density at radius 3 is 2.58 bits per heavy atom. The number of guanidine groups is 1. The van der Waals surface area contributed by atoms with E-state index in [2.05, 4.69) is 25.0 Å². The first kappa shape index (κ1) is 22.8. The minimum absolute atomic E-state index is 0.0492. The maximum atomic E-state index is 12.9. The van der Waals surface area contributed by atoms with Gasteiger partial charge in [-0.2, -0.15) is 8.78 Å². The molecule has 3 rings (SSSR count). The smallest absolute Gasteiger partial charge is 0.387 e. The van der Waals surface area contributed by atoms with Crippen LogP contribution < -0.4 is 15.8 Å². The summed E-state index contributed by atoms with van der Waals surface area (Å²) in [6, 6.07) is 2.41. The first-order valence-corrected chi connectivity index (χ1v) is 11.1. The van der Waals surface area contributed by atoms with Crippen LogP contribution in [0.25, 0.3) is 0 Å². The van der Waals surface area contributed by atoms with Crippen molar-refractivity contribution in [2.45, 2.75) is 37.7 Å². The van der Waals surface area contributed by atoms with E-state index < -0.39 is 32.8 Å². The van der Waals surface area contributed by atoms with Crippen molar-refractivity contribution in [2.24, 2.45) is 10.7 Å². The van der Waals surface area contributed by atoms with E-state index >= 15 is 0 Å². The highest BCUT2D eigenvalue weighted by Gasteiger charge is 2.58. The number of nitrogens with zero attached hydrogens (tertiary/aromatic N) is 4. The second-order valence-electron chi connectivity index (χ2n) is 7.27. The summed E-state index contributed by atoms with van der Waals surface area (Å²) in [4.78, 5) is 24.9. The van der Waals surface area contributed by atoms with Crippen molar-refractivity contribution in [1.29, 1.82) is 0 Å². The van der Waals surface area contributed by atoms with Crippen LogP contribution in [-0.4, -0.2) is 53.0 Å². The lowest BCUT2D eigenvalue weighted by Gasteiger charge is -2.45. The molecule has 168 valence electrons. The van der Waals surface area contributed by atoms with E-state index in [1.54, 1.807) is 6.92 Å². The Labute approximate surface area is 181 Å². The zero-order valence-electron chi connectivity index (χ0n) is 17.0. The van der Waals surface area contributed by atoms with Crippen LogP contribution in [-0.2, 0) is 15.6 Å². The molecule has 10 nitrogen and oxygen atoms in total. The van der Waals surface area contributed by atoms with Crippen LogP contribution in [0.2, 0.25) is 0 Å². The third kappa shape index (κ3) is 3.80. The summed E-state index contributed by atoms with van der Waals surface area (Å²) < 4.78 is 54.0. The van der Waals surface area contributed by atoms with Crippen LogP contribution >= 0.6 is 11.3 Å². The standard InChI is InChI=1S/C17H20F2N6O4S2/c1-16(2)17(3,24-15(20)25(4)31(16,27)28)13-23-11(8-30-13)22-12(26)10-6-5-9(7-21-10)29-14(18)19/h5-8,14H,1-4H3,(H2,20,24)(H,22,26). The number of hydrogen-bond acceptors (Lipinski definition) is 9. The number of aromatic nitrogens is 2. The Morgan fingerprint density at radius 1 is 1.32 bits per heavy atom. The summed E-state index contributed by atoms with van der Waals surface area (Å²) in [5, 5.41) is 4.39. The van der Waals surface area contributed by atoms with E-state index in [1.807, 2.05) is 0 Å². The number of amides is 1. The molecule has 0 aromatic carbocycles. The lowest BCUT2D eigenvalue weighted by atomic mass is 9.88.